The Labute approximate surface area is 182 Å². The molecule has 1 atom stereocenters. The Balaban J connectivity index is 1.60. The molecule has 2 aromatic carbocycles. The summed E-state index contributed by atoms with van der Waals surface area (Å²) in [5, 5.41) is 11.6. The average molecular weight is 421 g/mol. The second kappa shape index (κ2) is 7.35. The van der Waals surface area contributed by atoms with Crippen LogP contribution in [0.2, 0.25) is 0 Å². The molecule has 1 fully saturated rings. The molecule has 2 spiro atoms. The van der Waals surface area contributed by atoms with Crippen molar-refractivity contribution in [2.24, 2.45) is 15.7 Å². The zero-order valence-electron chi connectivity index (χ0n) is 17.9. The molecule has 2 aromatic rings. The lowest BCUT2D eigenvalue weighted by Gasteiger charge is -2.47. The molecule has 7 nitrogen and oxygen atoms in total. The molecule has 1 unspecified atom stereocenters. The Morgan fingerprint density at radius 3 is 2.68 bits per heavy atom. The number of guanidine groups is 1. The smallest absolute Gasteiger partial charge is 0.222 e. The summed E-state index contributed by atoms with van der Waals surface area (Å²) in [6, 6.07) is 14.4. The van der Waals surface area contributed by atoms with E-state index in [0.717, 1.165) is 40.8 Å². The molecule has 0 aromatic heterocycles. The standard InChI is InChI=1S/C24H28N4O3/c1-26-14-16-4-3-5-17(12-16)18-6-7-21-20(13-18)24(27-22(25)28(2)31-24)15-23(30-21)10-8-19(29)9-11-23/h3-7,12-14,19,29H,8-11,15H2,1-2H3,(H2,25,27). The van der Waals surface area contributed by atoms with Crippen LogP contribution in [-0.2, 0) is 10.6 Å². The lowest BCUT2D eigenvalue weighted by Crippen LogP contribution is -2.50. The largest absolute Gasteiger partial charge is 0.487 e. The molecule has 5 rings (SSSR count). The van der Waals surface area contributed by atoms with Crippen LogP contribution in [-0.4, -0.2) is 48.1 Å². The number of nitrogens with two attached hydrogens (primary N) is 1. The minimum atomic E-state index is -0.923. The SMILES string of the molecule is CN=Cc1cccc(-c2ccc3c(c2)C2(CC4(CCC(O)CC4)O3)N=C(N)N(C)O2)c1. The van der Waals surface area contributed by atoms with Gasteiger partial charge in [0.15, 0.2) is 0 Å². The van der Waals surface area contributed by atoms with Gasteiger partial charge in [0.2, 0.25) is 11.7 Å². The fourth-order valence-corrected chi connectivity index (χ4v) is 4.99. The number of aliphatic imine (C=N–C) groups is 2. The zero-order valence-corrected chi connectivity index (χ0v) is 17.9. The van der Waals surface area contributed by atoms with E-state index in [2.05, 4.69) is 29.3 Å². The predicted octanol–water partition coefficient (Wildman–Crippen LogP) is 3.20. The van der Waals surface area contributed by atoms with Gasteiger partial charge in [-0.2, -0.15) is 0 Å². The molecule has 7 heteroatoms. The van der Waals surface area contributed by atoms with E-state index >= 15 is 0 Å². The average Bonchev–Trinajstić information content (AvgIpc) is 3.04. The normalized spacial score (nSPS) is 30.0. The van der Waals surface area contributed by atoms with Crippen LogP contribution in [0.5, 0.6) is 5.75 Å². The van der Waals surface area contributed by atoms with Gasteiger partial charge in [0, 0.05) is 26.7 Å². The third kappa shape index (κ3) is 3.47. The summed E-state index contributed by atoms with van der Waals surface area (Å²) in [6.07, 6.45) is 5.09. The highest BCUT2D eigenvalue weighted by Crippen LogP contribution is 2.53. The topological polar surface area (TPSA) is 92.7 Å². The summed E-state index contributed by atoms with van der Waals surface area (Å²) >= 11 is 0. The van der Waals surface area contributed by atoms with Gasteiger partial charge in [0.25, 0.3) is 0 Å². The van der Waals surface area contributed by atoms with Crippen LogP contribution in [0.4, 0.5) is 0 Å². The highest BCUT2D eigenvalue weighted by Gasteiger charge is 2.55. The molecular formula is C24H28N4O3. The van der Waals surface area contributed by atoms with Crippen LogP contribution >= 0.6 is 0 Å². The van der Waals surface area contributed by atoms with Gasteiger partial charge in [-0.05, 0) is 60.6 Å². The van der Waals surface area contributed by atoms with E-state index in [0.29, 0.717) is 25.2 Å². The van der Waals surface area contributed by atoms with E-state index in [4.69, 9.17) is 20.3 Å². The number of benzene rings is 2. The predicted molar refractivity (Wildman–Crippen MR) is 120 cm³/mol. The maximum Gasteiger partial charge on any atom is 0.222 e. The first-order chi connectivity index (χ1) is 14.9. The first kappa shape index (κ1) is 20.0. The van der Waals surface area contributed by atoms with Crippen LogP contribution in [0.1, 0.15) is 43.2 Å². The molecule has 1 saturated carbocycles. The Kier molecular flexibility index (Phi) is 4.75. The number of rotatable bonds is 2. The number of ether oxygens (including phenoxy) is 1. The van der Waals surface area contributed by atoms with E-state index in [9.17, 15) is 5.11 Å². The Morgan fingerprint density at radius 1 is 1.19 bits per heavy atom. The van der Waals surface area contributed by atoms with Gasteiger partial charge in [-0.3, -0.25) is 4.99 Å². The van der Waals surface area contributed by atoms with Gasteiger partial charge < -0.3 is 15.6 Å². The molecule has 0 radical (unpaired) electrons. The van der Waals surface area contributed by atoms with E-state index in [1.807, 2.05) is 24.4 Å². The number of aliphatic hydroxyl groups is 1. The second-order valence-electron chi connectivity index (χ2n) is 8.76. The van der Waals surface area contributed by atoms with Crippen LogP contribution < -0.4 is 10.5 Å². The summed E-state index contributed by atoms with van der Waals surface area (Å²) in [5.41, 5.74) is 8.86. The van der Waals surface area contributed by atoms with E-state index in [-0.39, 0.29) is 6.10 Å². The lowest BCUT2D eigenvalue weighted by atomic mass is 9.74. The number of aliphatic hydroxyl groups excluding tert-OH is 1. The van der Waals surface area contributed by atoms with Crippen molar-refractivity contribution in [2.45, 2.75) is 49.5 Å². The summed E-state index contributed by atoms with van der Waals surface area (Å²) in [5.74, 6) is 1.12. The number of nitrogens with zero attached hydrogens (tertiary/aromatic N) is 3. The quantitative estimate of drug-likeness (QED) is 0.728. The molecule has 162 valence electrons. The van der Waals surface area contributed by atoms with Crippen molar-refractivity contribution in [2.75, 3.05) is 14.1 Å². The van der Waals surface area contributed by atoms with Gasteiger partial charge in [0.05, 0.1) is 11.7 Å². The molecule has 3 aliphatic rings. The first-order valence-electron chi connectivity index (χ1n) is 10.7. The van der Waals surface area contributed by atoms with Crippen LogP contribution in [0.25, 0.3) is 11.1 Å². The monoisotopic (exact) mass is 420 g/mol. The zero-order chi connectivity index (χ0) is 21.6. The Hall–Kier alpha value is -2.90. The molecule has 1 aliphatic carbocycles. The molecule has 2 heterocycles. The van der Waals surface area contributed by atoms with Crippen molar-refractivity contribution in [1.82, 2.24) is 5.06 Å². The third-order valence-electron chi connectivity index (χ3n) is 6.56. The number of hydrogen-bond donors (Lipinski definition) is 2. The minimum absolute atomic E-state index is 0.270. The molecule has 0 amide bonds. The van der Waals surface area contributed by atoms with E-state index < -0.39 is 11.3 Å². The van der Waals surface area contributed by atoms with Crippen molar-refractivity contribution in [1.29, 1.82) is 0 Å². The minimum Gasteiger partial charge on any atom is -0.487 e. The van der Waals surface area contributed by atoms with Crippen molar-refractivity contribution >= 4 is 12.2 Å². The lowest BCUT2D eigenvalue weighted by molar-refractivity contribution is -0.209. The van der Waals surface area contributed by atoms with Crippen LogP contribution in [0.15, 0.2) is 52.4 Å². The first-order valence-corrected chi connectivity index (χ1v) is 10.7. The Bertz CT molecular complexity index is 1060. The maximum atomic E-state index is 10.0. The van der Waals surface area contributed by atoms with Gasteiger partial charge in [-0.1, -0.05) is 24.3 Å². The molecule has 0 bridgehead atoms. The highest BCUT2D eigenvalue weighted by molar-refractivity contribution is 5.83. The molecule has 31 heavy (non-hydrogen) atoms. The third-order valence-corrected chi connectivity index (χ3v) is 6.56. The van der Waals surface area contributed by atoms with Crippen molar-refractivity contribution in [3.05, 3.63) is 53.6 Å². The summed E-state index contributed by atoms with van der Waals surface area (Å²) in [6.45, 7) is 0. The van der Waals surface area contributed by atoms with Crippen LogP contribution in [0.3, 0.4) is 0 Å². The fourth-order valence-electron chi connectivity index (χ4n) is 4.99. The van der Waals surface area contributed by atoms with Gasteiger partial charge >= 0.3 is 0 Å². The summed E-state index contributed by atoms with van der Waals surface area (Å²) in [4.78, 5) is 15.2. The Morgan fingerprint density at radius 2 is 1.97 bits per heavy atom. The van der Waals surface area contributed by atoms with E-state index in [1.54, 1.807) is 14.1 Å². The maximum absolute atomic E-state index is 10.0. The van der Waals surface area contributed by atoms with Gasteiger partial charge in [-0.15, -0.1) is 0 Å². The highest BCUT2D eigenvalue weighted by atomic mass is 16.7. The van der Waals surface area contributed by atoms with Crippen molar-refractivity contribution < 1.29 is 14.7 Å². The summed E-state index contributed by atoms with van der Waals surface area (Å²) < 4.78 is 6.58. The van der Waals surface area contributed by atoms with E-state index in [1.165, 1.54) is 5.06 Å². The van der Waals surface area contributed by atoms with Crippen molar-refractivity contribution in [3.63, 3.8) is 0 Å². The molecule has 3 N–H and O–H groups in total. The molecule has 0 saturated heterocycles. The summed E-state index contributed by atoms with van der Waals surface area (Å²) in [7, 11) is 3.54. The fraction of sp³-hybridized carbons (Fsp3) is 0.417. The van der Waals surface area contributed by atoms with Crippen LogP contribution in [0, 0.1) is 0 Å². The molecular weight excluding hydrogens is 392 g/mol. The van der Waals surface area contributed by atoms with Gasteiger partial charge in [-0.25, -0.2) is 14.9 Å². The number of fused-ring (bicyclic) bond motifs is 2. The second-order valence-corrected chi connectivity index (χ2v) is 8.76. The van der Waals surface area contributed by atoms with Crippen molar-refractivity contribution in [3.8, 4) is 16.9 Å². The molecule has 2 aliphatic heterocycles. The number of hydrogen-bond acceptors (Lipinski definition) is 7. The number of hydroxylamine groups is 2. The van der Waals surface area contributed by atoms with Gasteiger partial charge in [0.1, 0.15) is 11.4 Å².